The Balaban J connectivity index is 1.32. The summed E-state index contributed by atoms with van der Waals surface area (Å²) in [7, 11) is 1.80. The zero-order chi connectivity index (χ0) is 23.5. The molecule has 1 unspecified atom stereocenters. The molecule has 0 aromatic heterocycles. The van der Waals surface area contributed by atoms with E-state index in [1.807, 2.05) is 6.07 Å². The van der Waals surface area contributed by atoms with E-state index in [4.69, 9.17) is 0 Å². The largest absolute Gasteiger partial charge is 0.369 e. The first-order valence-corrected chi connectivity index (χ1v) is 12.5. The number of likely N-dealkylation sites (N-methyl/N-ethyl adjacent to an activating group) is 1. The van der Waals surface area contributed by atoms with E-state index in [0.29, 0.717) is 25.6 Å². The van der Waals surface area contributed by atoms with Gasteiger partial charge in [0.05, 0.1) is 11.7 Å². The number of nitrogens with one attached hydrogen (secondary N) is 1. The number of benzene rings is 2. The van der Waals surface area contributed by atoms with Crippen molar-refractivity contribution in [2.24, 2.45) is 0 Å². The molecule has 0 aliphatic carbocycles. The SMILES string of the molecule is CC(=O)N(C)C1CCN(c2ccc(NC(=O)N3CCC(c4ccc(I)cc4)CC3)c(F)c2)C1. The van der Waals surface area contributed by atoms with Gasteiger partial charge in [-0.05, 0) is 83.7 Å². The van der Waals surface area contributed by atoms with Gasteiger partial charge < -0.3 is 20.0 Å². The van der Waals surface area contributed by atoms with E-state index in [0.717, 1.165) is 31.5 Å². The molecule has 3 amide bonds. The van der Waals surface area contributed by atoms with Crippen molar-refractivity contribution >= 4 is 45.9 Å². The lowest BCUT2D eigenvalue weighted by Gasteiger charge is -2.32. The molecule has 0 spiro atoms. The number of amides is 3. The molecule has 1 atom stereocenters. The third-order valence-corrected chi connectivity index (χ3v) is 7.61. The fourth-order valence-corrected chi connectivity index (χ4v) is 5.06. The number of carbonyl (C=O) groups is 2. The van der Waals surface area contributed by atoms with Crippen LogP contribution in [0, 0.1) is 9.39 Å². The summed E-state index contributed by atoms with van der Waals surface area (Å²) in [6, 6.07) is 13.4. The summed E-state index contributed by atoms with van der Waals surface area (Å²) in [6.45, 7) is 4.31. The first-order valence-electron chi connectivity index (χ1n) is 11.4. The number of halogens is 2. The number of anilines is 2. The predicted octanol–water partition coefficient (Wildman–Crippen LogP) is 4.90. The average molecular weight is 564 g/mol. The Morgan fingerprint density at radius 1 is 1.06 bits per heavy atom. The van der Waals surface area contributed by atoms with Crippen LogP contribution >= 0.6 is 22.6 Å². The maximum Gasteiger partial charge on any atom is 0.321 e. The zero-order valence-corrected chi connectivity index (χ0v) is 21.2. The van der Waals surface area contributed by atoms with Crippen LogP contribution in [0.2, 0.25) is 0 Å². The highest BCUT2D eigenvalue weighted by atomic mass is 127. The average Bonchev–Trinajstić information content (AvgIpc) is 3.30. The fraction of sp³-hybridized carbons (Fsp3) is 0.440. The molecule has 2 aromatic carbocycles. The summed E-state index contributed by atoms with van der Waals surface area (Å²) in [6.07, 6.45) is 2.66. The molecule has 2 heterocycles. The van der Waals surface area contributed by atoms with Gasteiger partial charge in [0.15, 0.2) is 0 Å². The van der Waals surface area contributed by atoms with Crippen LogP contribution in [0.1, 0.15) is 37.7 Å². The van der Waals surface area contributed by atoms with Crippen LogP contribution in [0.25, 0.3) is 0 Å². The van der Waals surface area contributed by atoms with Crippen LogP contribution in [-0.4, -0.2) is 61.0 Å². The van der Waals surface area contributed by atoms with Crippen molar-refractivity contribution in [1.82, 2.24) is 9.80 Å². The predicted molar refractivity (Wildman–Crippen MR) is 137 cm³/mol. The van der Waals surface area contributed by atoms with Crippen LogP contribution in [0.15, 0.2) is 42.5 Å². The minimum absolute atomic E-state index is 0.0358. The molecule has 2 fully saturated rings. The van der Waals surface area contributed by atoms with Gasteiger partial charge in [0.2, 0.25) is 5.91 Å². The molecule has 4 rings (SSSR count). The number of nitrogens with zero attached hydrogens (tertiary/aromatic N) is 3. The Morgan fingerprint density at radius 2 is 1.76 bits per heavy atom. The van der Waals surface area contributed by atoms with E-state index in [1.54, 1.807) is 29.8 Å². The van der Waals surface area contributed by atoms with E-state index in [1.165, 1.54) is 15.2 Å². The Morgan fingerprint density at radius 3 is 2.39 bits per heavy atom. The summed E-state index contributed by atoms with van der Waals surface area (Å²) in [5, 5.41) is 2.74. The van der Waals surface area contributed by atoms with Gasteiger partial charge in [0, 0.05) is 49.4 Å². The highest BCUT2D eigenvalue weighted by Crippen LogP contribution is 2.30. The van der Waals surface area contributed by atoms with Gasteiger partial charge in [-0.2, -0.15) is 0 Å². The van der Waals surface area contributed by atoms with Crippen LogP contribution in [0.3, 0.4) is 0 Å². The van der Waals surface area contributed by atoms with Crippen molar-refractivity contribution < 1.29 is 14.0 Å². The van der Waals surface area contributed by atoms with Crippen molar-refractivity contribution in [3.63, 3.8) is 0 Å². The van der Waals surface area contributed by atoms with Crippen LogP contribution in [0.4, 0.5) is 20.6 Å². The Labute approximate surface area is 208 Å². The van der Waals surface area contributed by atoms with Gasteiger partial charge in [-0.25, -0.2) is 9.18 Å². The molecule has 8 heteroatoms. The topological polar surface area (TPSA) is 55.9 Å². The summed E-state index contributed by atoms with van der Waals surface area (Å²) in [4.78, 5) is 29.9. The smallest absolute Gasteiger partial charge is 0.321 e. The normalized spacial score (nSPS) is 19.0. The molecule has 6 nitrogen and oxygen atoms in total. The monoisotopic (exact) mass is 564 g/mol. The first kappa shape index (κ1) is 23.8. The van der Waals surface area contributed by atoms with Crippen LogP contribution in [0.5, 0.6) is 0 Å². The van der Waals surface area contributed by atoms with Crippen LogP contribution in [-0.2, 0) is 4.79 Å². The molecule has 1 N–H and O–H groups in total. The number of carbonyl (C=O) groups excluding carboxylic acids is 2. The van der Waals surface area contributed by atoms with Crippen molar-refractivity contribution in [2.45, 2.75) is 38.1 Å². The molecular weight excluding hydrogens is 534 g/mol. The number of hydrogen-bond donors (Lipinski definition) is 1. The maximum absolute atomic E-state index is 14.8. The van der Waals surface area contributed by atoms with Gasteiger partial charge in [0.25, 0.3) is 0 Å². The Hall–Kier alpha value is -2.36. The lowest BCUT2D eigenvalue weighted by atomic mass is 9.90. The molecule has 0 saturated carbocycles. The summed E-state index contributed by atoms with van der Waals surface area (Å²) < 4.78 is 16.0. The van der Waals surface area contributed by atoms with E-state index in [-0.39, 0.29) is 23.7 Å². The standard InChI is InChI=1S/C25H30FIN4O2/c1-17(32)29(2)22-11-14-31(16-22)21-7-8-24(23(26)15-21)28-25(33)30-12-9-19(10-13-30)18-3-5-20(27)6-4-18/h3-8,15,19,22H,9-14,16H2,1-2H3,(H,28,33). The first-order chi connectivity index (χ1) is 15.8. The Kier molecular flexibility index (Phi) is 7.41. The van der Waals surface area contributed by atoms with Gasteiger partial charge in [-0.15, -0.1) is 0 Å². The molecule has 176 valence electrons. The molecule has 2 aromatic rings. The highest BCUT2D eigenvalue weighted by molar-refractivity contribution is 14.1. The highest BCUT2D eigenvalue weighted by Gasteiger charge is 2.28. The number of likely N-dealkylation sites (tertiary alicyclic amines) is 1. The second-order valence-electron chi connectivity index (χ2n) is 8.93. The number of rotatable bonds is 4. The molecule has 2 saturated heterocycles. The van der Waals surface area contributed by atoms with Crippen molar-refractivity contribution in [3.8, 4) is 0 Å². The molecular formula is C25H30FIN4O2. The third kappa shape index (κ3) is 5.59. The van der Waals surface area contributed by atoms with Gasteiger partial charge in [-0.3, -0.25) is 4.79 Å². The lowest BCUT2D eigenvalue weighted by Crippen LogP contribution is -2.40. The van der Waals surface area contributed by atoms with Gasteiger partial charge in [0.1, 0.15) is 5.82 Å². The van der Waals surface area contributed by atoms with Crippen LogP contribution < -0.4 is 10.2 Å². The van der Waals surface area contributed by atoms with Crippen molar-refractivity contribution in [2.75, 3.05) is 43.4 Å². The lowest BCUT2D eigenvalue weighted by molar-refractivity contribution is -0.129. The summed E-state index contributed by atoms with van der Waals surface area (Å²) in [5.74, 6) is 0.0417. The second-order valence-corrected chi connectivity index (χ2v) is 10.2. The summed E-state index contributed by atoms with van der Waals surface area (Å²) in [5.41, 5.74) is 2.28. The maximum atomic E-state index is 14.8. The van der Waals surface area contributed by atoms with Gasteiger partial charge >= 0.3 is 6.03 Å². The van der Waals surface area contributed by atoms with E-state index >= 15 is 0 Å². The van der Waals surface area contributed by atoms with E-state index in [9.17, 15) is 14.0 Å². The fourth-order valence-electron chi connectivity index (χ4n) is 4.70. The van der Waals surface area contributed by atoms with E-state index < -0.39 is 5.82 Å². The minimum atomic E-state index is -0.446. The summed E-state index contributed by atoms with van der Waals surface area (Å²) >= 11 is 2.30. The molecule has 0 radical (unpaired) electrons. The quantitative estimate of drug-likeness (QED) is 0.538. The second kappa shape index (κ2) is 10.3. The molecule has 2 aliphatic rings. The number of piperidine rings is 1. The van der Waals surface area contributed by atoms with Crippen molar-refractivity contribution in [1.29, 1.82) is 0 Å². The van der Waals surface area contributed by atoms with Gasteiger partial charge in [-0.1, -0.05) is 12.1 Å². The zero-order valence-electron chi connectivity index (χ0n) is 19.1. The Bertz CT molecular complexity index is 1010. The van der Waals surface area contributed by atoms with E-state index in [2.05, 4.69) is 57.1 Å². The molecule has 2 aliphatic heterocycles. The molecule has 33 heavy (non-hydrogen) atoms. The number of urea groups is 1. The third-order valence-electron chi connectivity index (χ3n) is 6.89. The molecule has 0 bridgehead atoms. The van der Waals surface area contributed by atoms with Crippen molar-refractivity contribution in [3.05, 3.63) is 57.4 Å². The number of hydrogen-bond acceptors (Lipinski definition) is 3. The minimum Gasteiger partial charge on any atom is -0.369 e.